The largest absolute Gasteiger partial charge is 0.373 e. The number of nitrogens with one attached hydrogen (secondary N) is 1. The van der Waals surface area contributed by atoms with Crippen LogP contribution >= 0.6 is 11.3 Å². The normalized spacial score (nSPS) is 10.8. The van der Waals surface area contributed by atoms with Crippen molar-refractivity contribution in [2.45, 2.75) is 6.92 Å². The van der Waals surface area contributed by atoms with Crippen LogP contribution in [0.25, 0.3) is 22.3 Å². The van der Waals surface area contributed by atoms with Crippen molar-refractivity contribution in [3.05, 3.63) is 40.6 Å². The summed E-state index contributed by atoms with van der Waals surface area (Å²) in [6.07, 6.45) is 0. The van der Waals surface area contributed by atoms with Crippen molar-refractivity contribution in [3.8, 4) is 11.4 Å². The fourth-order valence-electron chi connectivity index (χ4n) is 1.98. The monoisotopic (exact) mass is 255 g/mol. The second-order valence-electron chi connectivity index (χ2n) is 4.13. The number of anilines is 1. The number of rotatable bonds is 2. The van der Waals surface area contributed by atoms with E-state index in [0.29, 0.717) is 0 Å². The van der Waals surface area contributed by atoms with Gasteiger partial charge >= 0.3 is 0 Å². The summed E-state index contributed by atoms with van der Waals surface area (Å²) in [6.45, 7) is 2.09. The summed E-state index contributed by atoms with van der Waals surface area (Å²) < 4.78 is 0. The van der Waals surface area contributed by atoms with Gasteiger partial charge in [0.05, 0.1) is 5.52 Å². The maximum Gasteiger partial charge on any atom is 0.163 e. The summed E-state index contributed by atoms with van der Waals surface area (Å²) in [7, 11) is 1.89. The number of nitrogens with zero attached hydrogens (tertiary/aromatic N) is 2. The molecule has 4 heteroatoms. The van der Waals surface area contributed by atoms with Crippen molar-refractivity contribution >= 4 is 28.1 Å². The Labute approximate surface area is 110 Å². The average molecular weight is 255 g/mol. The zero-order chi connectivity index (χ0) is 12.5. The van der Waals surface area contributed by atoms with Gasteiger partial charge in [0.2, 0.25) is 0 Å². The summed E-state index contributed by atoms with van der Waals surface area (Å²) in [5, 5.41) is 8.41. The van der Waals surface area contributed by atoms with Gasteiger partial charge in [0, 0.05) is 23.4 Å². The first-order chi connectivity index (χ1) is 8.79. The highest BCUT2D eigenvalue weighted by molar-refractivity contribution is 7.08. The highest BCUT2D eigenvalue weighted by atomic mass is 32.1. The van der Waals surface area contributed by atoms with Crippen LogP contribution in [-0.4, -0.2) is 17.0 Å². The van der Waals surface area contributed by atoms with E-state index in [4.69, 9.17) is 0 Å². The van der Waals surface area contributed by atoms with Gasteiger partial charge in [-0.2, -0.15) is 11.3 Å². The van der Waals surface area contributed by atoms with E-state index in [-0.39, 0.29) is 0 Å². The molecule has 0 spiro atoms. The number of benzene rings is 1. The van der Waals surface area contributed by atoms with Gasteiger partial charge in [0.25, 0.3) is 0 Å². The Hall–Kier alpha value is -1.94. The minimum absolute atomic E-state index is 0.789. The molecule has 0 unspecified atom stereocenters. The summed E-state index contributed by atoms with van der Waals surface area (Å²) in [5.74, 6) is 1.66. The standard InChI is InChI=1S/C14H13N3S/c1-9-7-18-8-11(9)14-16-12-6-4-3-5-10(12)13(15-2)17-14/h3-8H,1-2H3,(H,15,16,17). The van der Waals surface area contributed by atoms with Crippen LogP contribution in [0, 0.1) is 6.92 Å². The van der Waals surface area contributed by atoms with Crippen LogP contribution in [0.4, 0.5) is 5.82 Å². The molecule has 0 aliphatic carbocycles. The van der Waals surface area contributed by atoms with Gasteiger partial charge in [0.1, 0.15) is 5.82 Å². The molecule has 1 aromatic carbocycles. The lowest BCUT2D eigenvalue weighted by Gasteiger charge is -2.07. The number of hydrogen-bond acceptors (Lipinski definition) is 4. The molecule has 18 heavy (non-hydrogen) atoms. The number of hydrogen-bond donors (Lipinski definition) is 1. The van der Waals surface area contributed by atoms with Crippen LogP contribution in [0.2, 0.25) is 0 Å². The summed E-state index contributed by atoms with van der Waals surface area (Å²) in [5.41, 5.74) is 3.30. The van der Waals surface area contributed by atoms with Crippen molar-refractivity contribution in [1.29, 1.82) is 0 Å². The average Bonchev–Trinajstić information content (AvgIpc) is 2.83. The molecule has 0 aliphatic rings. The fraction of sp³-hybridized carbons (Fsp3) is 0.143. The Morgan fingerprint density at radius 2 is 1.94 bits per heavy atom. The molecule has 2 aromatic heterocycles. The molecule has 0 saturated carbocycles. The summed E-state index contributed by atoms with van der Waals surface area (Å²) in [4.78, 5) is 9.25. The van der Waals surface area contributed by atoms with E-state index in [0.717, 1.165) is 28.1 Å². The van der Waals surface area contributed by atoms with Gasteiger partial charge in [0.15, 0.2) is 5.82 Å². The Balaban J connectivity index is 2.29. The van der Waals surface area contributed by atoms with Crippen LogP contribution in [-0.2, 0) is 0 Å². The first kappa shape index (κ1) is 11.2. The lowest BCUT2D eigenvalue weighted by atomic mass is 10.2. The Morgan fingerprint density at radius 3 is 2.67 bits per heavy atom. The third-order valence-corrected chi connectivity index (χ3v) is 3.80. The van der Waals surface area contributed by atoms with Crippen LogP contribution in [0.1, 0.15) is 5.56 Å². The van der Waals surface area contributed by atoms with Crippen molar-refractivity contribution in [2.24, 2.45) is 0 Å². The van der Waals surface area contributed by atoms with E-state index in [1.165, 1.54) is 5.56 Å². The summed E-state index contributed by atoms with van der Waals surface area (Å²) >= 11 is 1.68. The van der Waals surface area contributed by atoms with E-state index >= 15 is 0 Å². The Morgan fingerprint density at radius 1 is 1.11 bits per heavy atom. The number of aryl methyl sites for hydroxylation is 1. The predicted molar refractivity (Wildman–Crippen MR) is 77.1 cm³/mol. The molecular weight excluding hydrogens is 242 g/mol. The molecule has 3 nitrogen and oxygen atoms in total. The zero-order valence-corrected chi connectivity index (χ0v) is 11.1. The lowest BCUT2D eigenvalue weighted by Crippen LogP contribution is -1.98. The number of fused-ring (bicyclic) bond motifs is 1. The minimum Gasteiger partial charge on any atom is -0.373 e. The smallest absolute Gasteiger partial charge is 0.163 e. The first-order valence-electron chi connectivity index (χ1n) is 5.77. The van der Waals surface area contributed by atoms with E-state index in [2.05, 4.69) is 33.0 Å². The third-order valence-electron chi connectivity index (χ3n) is 2.94. The van der Waals surface area contributed by atoms with Gasteiger partial charge in [-0.3, -0.25) is 0 Å². The molecule has 0 aliphatic heterocycles. The second kappa shape index (κ2) is 4.38. The fourth-order valence-corrected chi connectivity index (χ4v) is 2.80. The number of thiophene rings is 1. The highest BCUT2D eigenvalue weighted by Crippen LogP contribution is 2.28. The molecular formula is C14H13N3S. The molecule has 2 heterocycles. The van der Waals surface area contributed by atoms with Crippen molar-refractivity contribution < 1.29 is 0 Å². The van der Waals surface area contributed by atoms with Gasteiger partial charge in [-0.1, -0.05) is 12.1 Å². The van der Waals surface area contributed by atoms with Gasteiger partial charge in [-0.05, 0) is 30.0 Å². The molecule has 1 N–H and O–H groups in total. The van der Waals surface area contributed by atoms with Gasteiger partial charge < -0.3 is 5.32 Å². The van der Waals surface area contributed by atoms with E-state index in [1.807, 2.05) is 31.3 Å². The maximum atomic E-state index is 4.64. The molecule has 3 aromatic rings. The predicted octanol–water partition coefficient (Wildman–Crippen LogP) is 3.71. The first-order valence-corrected chi connectivity index (χ1v) is 6.71. The van der Waals surface area contributed by atoms with Crippen LogP contribution in [0.5, 0.6) is 0 Å². The van der Waals surface area contributed by atoms with Crippen LogP contribution in [0.15, 0.2) is 35.0 Å². The Bertz CT molecular complexity index is 703. The van der Waals surface area contributed by atoms with E-state index in [9.17, 15) is 0 Å². The molecule has 3 rings (SSSR count). The summed E-state index contributed by atoms with van der Waals surface area (Å²) in [6, 6.07) is 8.05. The SMILES string of the molecule is CNc1nc(-c2cscc2C)nc2ccccc12. The minimum atomic E-state index is 0.789. The van der Waals surface area contributed by atoms with Gasteiger partial charge in [-0.15, -0.1) is 0 Å². The molecule has 0 saturated heterocycles. The van der Waals surface area contributed by atoms with Crippen LogP contribution < -0.4 is 5.32 Å². The second-order valence-corrected chi connectivity index (χ2v) is 4.88. The van der Waals surface area contributed by atoms with Crippen LogP contribution in [0.3, 0.4) is 0 Å². The number of para-hydroxylation sites is 1. The topological polar surface area (TPSA) is 37.8 Å². The van der Waals surface area contributed by atoms with Crippen molar-refractivity contribution in [2.75, 3.05) is 12.4 Å². The van der Waals surface area contributed by atoms with Crippen molar-refractivity contribution in [3.63, 3.8) is 0 Å². The molecule has 0 fully saturated rings. The number of aromatic nitrogens is 2. The molecule has 90 valence electrons. The maximum absolute atomic E-state index is 4.64. The third kappa shape index (κ3) is 1.75. The highest BCUT2D eigenvalue weighted by Gasteiger charge is 2.10. The van der Waals surface area contributed by atoms with Crippen molar-refractivity contribution in [1.82, 2.24) is 9.97 Å². The van der Waals surface area contributed by atoms with Gasteiger partial charge in [-0.25, -0.2) is 9.97 Å². The molecule has 0 amide bonds. The lowest BCUT2D eigenvalue weighted by molar-refractivity contribution is 1.21. The molecule has 0 atom stereocenters. The molecule has 0 bridgehead atoms. The quantitative estimate of drug-likeness (QED) is 0.758. The zero-order valence-electron chi connectivity index (χ0n) is 10.3. The van der Waals surface area contributed by atoms with E-state index in [1.54, 1.807) is 11.3 Å². The molecule has 0 radical (unpaired) electrons. The van der Waals surface area contributed by atoms with E-state index < -0.39 is 0 Å². The Kier molecular flexibility index (Phi) is 2.72.